The van der Waals surface area contributed by atoms with Crippen LogP contribution in [0.1, 0.15) is 18.4 Å². The van der Waals surface area contributed by atoms with Crippen LogP contribution >= 0.6 is 0 Å². The molecule has 4 aliphatic heterocycles. The van der Waals surface area contributed by atoms with E-state index in [0.29, 0.717) is 30.7 Å². The molecule has 2 amide bonds. The van der Waals surface area contributed by atoms with E-state index >= 15 is 0 Å². The number of anilines is 1. The lowest BCUT2D eigenvalue weighted by Gasteiger charge is -2.38. The van der Waals surface area contributed by atoms with Gasteiger partial charge in [-0.25, -0.2) is 0 Å². The number of carbonyl (C=O) groups excluding carboxylic acids is 3. The Morgan fingerprint density at radius 3 is 2.56 bits per heavy atom. The number of rotatable bonds is 6. The number of methoxy groups -OCH3 is 1. The summed E-state index contributed by atoms with van der Waals surface area (Å²) in [6.45, 7) is 0.137. The van der Waals surface area contributed by atoms with Gasteiger partial charge in [-0.2, -0.15) is 0 Å². The molecule has 41 heavy (non-hydrogen) atoms. The average molecular weight is 559 g/mol. The van der Waals surface area contributed by atoms with E-state index in [2.05, 4.69) is 0 Å². The predicted octanol–water partition coefficient (Wildman–Crippen LogP) is 2.68. The molecule has 9 heteroatoms. The lowest BCUT2D eigenvalue weighted by molar-refractivity contribution is -0.155. The van der Waals surface area contributed by atoms with Gasteiger partial charge in [-0.1, -0.05) is 54.6 Å². The van der Waals surface area contributed by atoms with Crippen molar-refractivity contribution in [2.75, 3.05) is 31.8 Å². The molecule has 2 aromatic rings. The van der Waals surface area contributed by atoms with Gasteiger partial charge in [0.1, 0.15) is 23.3 Å². The minimum atomic E-state index is -1.41. The summed E-state index contributed by atoms with van der Waals surface area (Å²) in [5.41, 5.74) is 0.145. The highest BCUT2D eigenvalue weighted by atomic mass is 16.6. The van der Waals surface area contributed by atoms with Gasteiger partial charge in [0.2, 0.25) is 5.91 Å². The molecule has 0 radical (unpaired) electrons. The number of cyclic esters (lactones) is 1. The Kier molecular flexibility index (Phi) is 7.40. The monoisotopic (exact) mass is 558 g/mol. The Hall–Kier alpha value is -3.95. The number of allylic oxidation sites excluding steroid dienone is 1. The van der Waals surface area contributed by atoms with E-state index in [4.69, 9.17) is 14.2 Å². The Labute approximate surface area is 239 Å². The van der Waals surface area contributed by atoms with Crippen molar-refractivity contribution in [2.45, 2.75) is 43.1 Å². The van der Waals surface area contributed by atoms with Crippen molar-refractivity contribution >= 4 is 23.5 Å². The predicted molar refractivity (Wildman–Crippen MR) is 150 cm³/mol. The maximum absolute atomic E-state index is 14.6. The number of aliphatic hydroxyl groups excluding tert-OH is 1. The maximum Gasteiger partial charge on any atom is 0.312 e. The van der Waals surface area contributed by atoms with Gasteiger partial charge >= 0.3 is 5.97 Å². The van der Waals surface area contributed by atoms with Crippen molar-refractivity contribution in [3.63, 3.8) is 0 Å². The number of benzene rings is 2. The molecule has 214 valence electrons. The van der Waals surface area contributed by atoms with Gasteiger partial charge in [0, 0.05) is 12.2 Å². The highest BCUT2D eigenvalue weighted by molar-refractivity contribution is 6.05. The third-order valence-electron chi connectivity index (χ3n) is 8.59. The summed E-state index contributed by atoms with van der Waals surface area (Å²) >= 11 is 0. The molecule has 0 saturated carbocycles. The minimum absolute atomic E-state index is 0.250. The smallest absolute Gasteiger partial charge is 0.312 e. The molecule has 0 aliphatic carbocycles. The first-order valence-corrected chi connectivity index (χ1v) is 14.1. The lowest BCUT2D eigenvalue weighted by Crippen LogP contribution is -2.58. The minimum Gasteiger partial charge on any atom is -0.497 e. The van der Waals surface area contributed by atoms with Gasteiger partial charge < -0.3 is 29.1 Å². The van der Waals surface area contributed by atoms with Crippen molar-refractivity contribution in [1.29, 1.82) is 0 Å². The van der Waals surface area contributed by atoms with Gasteiger partial charge in [-0.05, 0) is 49.1 Å². The van der Waals surface area contributed by atoms with E-state index in [-0.39, 0.29) is 25.7 Å². The van der Waals surface area contributed by atoms with Crippen LogP contribution in [0.2, 0.25) is 0 Å². The molecular formula is C32H34N2O7. The third kappa shape index (κ3) is 4.63. The SMILES string of the molecule is COc1ccc(N2CC=C[C@]34O[C@H]5/C=C\CCCOC(=O)[C@H]5[C@H]3C(=O)N([C@@H](CO)Cc3ccccc3)C4C2=O)cc1. The second kappa shape index (κ2) is 11.1. The number of ether oxygens (including phenoxy) is 3. The zero-order valence-corrected chi connectivity index (χ0v) is 22.9. The van der Waals surface area contributed by atoms with Crippen LogP contribution in [0.4, 0.5) is 5.69 Å². The molecule has 1 N–H and O–H groups in total. The molecule has 6 rings (SSSR count). The van der Waals surface area contributed by atoms with Gasteiger partial charge in [-0.3, -0.25) is 14.4 Å². The molecule has 2 fully saturated rings. The highest BCUT2D eigenvalue weighted by Crippen LogP contribution is 2.54. The fraction of sp³-hybridized carbons (Fsp3) is 0.406. The molecule has 1 unspecified atom stereocenters. The summed E-state index contributed by atoms with van der Waals surface area (Å²) in [7, 11) is 1.57. The molecule has 2 aromatic carbocycles. The van der Waals surface area contributed by atoms with E-state index in [1.165, 1.54) is 4.90 Å². The number of nitrogens with zero attached hydrogens (tertiary/aromatic N) is 2. The number of hydrogen-bond donors (Lipinski definition) is 1. The molecule has 9 nitrogen and oxygen atoms in total. The Morgan fingerprint density at radius 2 is 1.83 bits per heavy atom. The van der Waals surface area contributed by atoms with Gasteiger partial charge in [0.05, 0.1) is 38.4 Å². The Morgan fingerprint density at radius 1 is 1.05 bits per heavy atom. The van der Waals surface area contributed by atoms with Crippen LogP contribution < -0.4 is 9.64 Å². The Bertz CT molecular complexity index is 1360. The number of carbonyl (C=O) groups is 3. The first-order chi connectivity index (χ1) is 20.0. The highest BCUT2D eigenvalue weighted by Gasteiger charge is 2.72. The summed E-state index contributed by atoms with van der Waals surface area (Å²) in [5, 5.41) is 10.6. The van der Waals surface area contributed by atoms with Crippen LogP contribution in [0.3, 0.4) is 0 Å². The van der Waals surface area contributed by atoms with Crippen LogP contribution in [-0.4, -0.2) is 78.4 Å². The largest absolute Gasteiger partial charge is 0.497 e. The van der Waals surface area contributed by atoms with E-state index in [0.717, 1.165) is 5.56 Å². The molecule has 2 saturated heterocycles. The molecule has 4 aliphatic rings. The van der Waals surface area contributed by atoms with Crippen molar-refractivity contribution in [1.82, 2.24) is 4.90 Å². The number of amides is 2. The maximum atomic E-state index is 14.6. The molecule has 0 bridgehead atoms. The molecule has 6 atom stereocenters. The summed E-state index contributed by atoms with van der Waals surface area (Å²) in [6.07, 6.45) is 8.41. The van der Waals surface area contributed by atoms with Crippen molar-refractivity contribution in [3.8, 4) is 5.75 Å². The fourth-order valence-electron chi connectivity index (χ4n) is 6.72. The summed E-state index contributed by atoms with van der Waals surface area (Å²) in [5.74, 6) is -2.47. The van der Waals surface area contributed by atoms with Crippen molar-refractivity contribution in [3.05, 3.63) is 84.5 Å². The van der Waals surface area contributed by atoms with E-state index in [1.807, 2.05) is 48.6 Å². The standard InChI is InChI=1S/C32H34N2O7/c1-39-24-14-12-22(13-15-24)33-17-8-16-32-27(26-25(41-32)11-6-3-7-18-40-31(26)38)29(36)34(28(32)30(33)37)23(20-35)19-21-9-4-2-5-10-21/h2,4-6,8-16,23,25-28,35H,3,7,17-20H2,1H3/b11-6-/t23-,25+,26-,27+,28?,32+/m1/s1. The molecule has 1 spiro atoms. The number of fused-ring (bicyclic) bond motifs is 2. The summed E-state index contributed by atoms with van der Waals surface area (Å²) in [4.78, 5) is 45.6. The zero-order chi connectivity index (χ0) is 28.6. The van der Waals surface area contributed by atoms with E-state index in [9.17, 15) is 19.5 Å². The second-order valence-electron chi connectivity index (χ2n) is 10.9. The molecule has 0 aromatic heterocycles. The van der Waals surface area contributed by atoms with Crippen LogP contribution in [0.15, 0.2) is 78.9 Å². The van der Waals surface area contributed by atoms with Crippen LogP contribution in [0.5, 0.6) is 5.75 Å². The average Bonchev–Trinajstić information content (AvgIpc) is 3.41. The Balaban J connectivity index is 1.46. The number of likely N-dealkylation sites (tertiary alicyclic amines) is 1. The number of aliphatic hydroxyl groups is 1. The van der Waals surface area contributed by atoms with E-state index < -0.39 is 47.5 Å². The number of esters is 1. The molecular weight excluding hydrogens is 524 g/mol. The van der Waals surface area contributed by atoms with Crippen molar-refractivity contribution in [2.24, 2.45) is 11.8 Å². The third-order valence-corrected chi connectivity index (χ3v) is 8.59. The van der Waals surface area contributed by atoms with E-state index in [1.54, 1.807) is 42.4 Å². The normalized spacial score (nSPS) is 30.7. The van der Waals surface area contributed by atoms with Crippen LogP contribution in [0, 0.1) is 11.8 Å². The van der Waals surface area contributed by atoms with Gasteiger partial charge in [0.15, 0.2) is 0 Å². The first-order valence-electron chi connectivity index (χ1n) is 14.1. The zero-order valence-electron chi connectivity index (χ0n) is 22.9. The van der Waals surface area contributed by atoms with Crippen LogP contribution in [-0.2, 0) is 30.3 Å². The topological polar surface area (TPSA) is 106 Å². The lowest BCUT2D eigenvalue weighted by atomic mass is 9.78. The summed E-state index contributed by atoms with van der Waals surface area (Å²) in [6, 6.07) is 14.9. The van der Waals surface area contributed by atoms with Crippen LogP contribution in [0.25, 0.3) is 0 Å². The molecule has 4 heterocycles. The quantitative estimate of drug-likeness (QED) is 0.429. The van der Waals surface area contributed by atoms with Gasteiger partial charge in [-0.15, -0.1) is 0 Å². The second-order valence-corrected chi connectivity index (χ2v) is 10.9. The van der Waals surface area contributed by atoms with Gasteiger partial charge in [0.25, 0.3) is 5.91 Å². The number of hydrogen-bond acceptors (Lipinski definition) is 7. The summed E-state index contributed by atoms with van der Waals surface area (Å²) < 4.78 is 17.6. The van der Waals surface area contributed by atoms with Crippen molar-refractivity contribution < 1.29 is 33.7 Å². The first kappa shape index (κ1) is 27.2. The fourth-order valence-corrected chi connectivity index (χ4v) is 6.72.